The lowest BCUT2D eigenvalue weighted by molar-refractivity contribution is 0.304. The molecule has 2 fully saturated rings. The average Bonchev–Trinajstić information content (AvgIpc) is 2.42. The fourth-order valence-electron chi connectivity index (χ4n) is 3.04. The molecule has 0 atom stereocenters. The Balaban J connectivity index is 0.000000492. The number of rotatable bonds is 4. The van der Waals surface area contributed by atoms with Crippen LogP contribution in [0.5, 0.6) is 0 Å². The zero-order valence-electron chi connectivity index (χ0n) is 11.3. The van der Waals surface area contributed by atoms with Gasteiger partial charge in [0, 0.05) is 0 Å². The molecular weight excluding hydrogens is 242 g/mol. The predicted molar refractivity (Wildman–Crippen MR) is 79.6 cm³/mol. The summed E-state index contributed by atoms with van der Waals surface area (Å²) in [5.41, 5.74) is 0. The van der Waals surface area contributed by atoms with E-state index in [2.05, 4.69) is 23.3 Å². The van der Waals surface area contributed by atoms with Crippen LogP contribution in [0.4, 0.5) is 0 Å². The van der Waals surface area contributed by atoms with Crippen molar-refractivity contribution < 1.29 is 0 Å². The highest BCUT2D eigenvalue weighted by atomic mass is 32.1. The lowest BCUT2D eigenvalue weighted by Crippen LogP contribution is -2.29. The van der Waals surface area contributed by atoms with Gasteiger partial charge in [-0.15, -0.1) is 0 Å². The van der Waals surface area contributed by atoms with Crippen LogP contribution in [-0.2, 0) is 0 Å². The van der Waals surface area contributed by atoms with Gasteiger partial charge in [-0.1, -0.05) is 31.9 Å². The van der Waals surface area contributed by atoms with E-state index >= 15 is 0 Å². The Morgan fingerprint density at radius 1 is 0.889 bits per heavy atom. The first-order chi connectivity index (χ1) is 8.86. The fourth-order valence-corrected chi connectivity index (χ4v) is 3.04. The molecule has 0 aromatic carbocycles. The molecular formula is C14H27N3S. The Kier molecular flexibility index (Phi) is 9.37. The second-order valence-electron chi connectivity index (χ2n) is 5.42. The molecule has 0 spiro atoms. The molecule has 0 radical (unpaired) electrons. The molecule has 0 amide bonds. The highest BCUT2D eigenvalue weighted by Crippen LogP contribution is 2.23. The van der Waals surface area contributed by atoms with Crippen molar-refractivity contribution in [1.29, 1.82) is 5.26 Å². The average molecular weight is 269 g/mol. The predicted octanol–water partition coefficient (Wildman–Crippen LogP) is 2.55. The smallest absolute Gasteiger partial charge is 0.130 e. The van der Waals surface area contributed by atoms with Crippen LogP contribution >= 0.6 is 12.6 Å². The third-order valence-electron chi connectivity index (χ3n) is 4.14. The van der Waals surface area contributed by atoms with Crippen LogP contribution in [0.3, 0.4) is 0 Å². The minimum Gasteiger partial charge on any atom is -0.317 e. The Morgan fingerprint density at radius 2 is 1.22 bits per heavy atom. The monoisotopic (exact) mass is 269 g/mol. The first-order valence-corrected chi connectivity index (χ1v) is 7.76. The van der Waals surface area contributed by atoms with E-state index in [0.29, 0.717) is 0 Å². The topological polar surface area (TPSA) is 47.8 Å². The van der Waals surface area contributed by atoms with Crippen LogP contribution in [0.25, 0.3) is 0 Å². The molecule has 0 aliphatic carbocycles. The van der Waals surface area contributed by atoms with Crippen LogP contribution in [0, 0.1) is 22.5 Å². The summed E-state index contributed by atoms with van der Waals surface area (Å²) in [6.07, 6.45) is 10.2. The Morgan fingerprint density at radius 3 is 1.56 bits per heavy atom. The van der Waals surface area contributed by atoms with Crippen molar-refractivity contribution in [2.45, 2.75) is 44.9 Å². The summed E-state index contributed by atoms with van der Waals surface area (Å²) < 4.78 is 0. The molecule has 0 aromatic heterocycles. The van der Waals surface area contributed by atoms with Crippen LogP contribution in [-0.4, -0.2) is 26.2 Å². The molecule has 104 valence electrons. The van der Waals surface area contributed by atoms with Crippen LogP contribution in [0.1, 0.15) is 44.9 Å². The molecule has 18 heavy (non-hydrogen) atoms. The van der Waals surface area contributed by atoms with E-state index in [1.165, 1.54) is 76.5 Å². The second kappa shape index (κ2) is 10.7. The molecule has 2 rings (SSSR count). The molecule has 3 nitrogen and oxygen atoms in total. The molecule has 0 aromatic rings. The van der Waals surface area contributed by atoms with Gasteiger partial charge in [0.05, 0.1) is 0 Å². The summed E-state index contributed by atoms with van der Waals surface area (Å²) in [6.45, 7) is 5.05. The number of nitriles is 1. The maximum atomic E-state index is 7.18. The number of hydrogen-bond acceptors (Lipinski definition) is 4. The summed E-state index contributed by atoms with van der Waals surface area (Å²) in [5.74, 6) is 2.07. The number of piperidine rings is 2. The van der Waals surface area contributed by atoms with E-state index in [0.717, 1.165) is 11.8 Å². The van der Waals surface area contributed by atoms with Gasteiger partial charge in [0.1, 0.15) is 5.40 Å². The van der Waals surface area contributed by atoms with Crippen LogP contribution < -0.4 is 10.6 Å². The van der Waals surface area contributed by atoms with Crippen molar-refractivity contribution >= 4 is 12.6 Å². The summed E-state index contributed by atoms with van der Waals surface area (Å²) in [6, 6.07) is 0. The number of nitrogens with one attached hydrogen (secondary N) is 2. The Bertz CT molecular complexity index is 210. The van der Waals surface area contributed by atoms with Gasteiger partial charge in [-0.25, -0.2) is 0 Å². The standard InChI is InChI=1S/C13H26N2.CHNS/c1(2-12-4-8-14-9-5-12)3-13-6-10-15-11-7-13;2-1-3/h12-15H,1-11H2;3H. The van der Waals surface area contributed by atoms with Gasteiger partial charge in [0.2, 0.25) is 0 Å². The van der Waals surface area contributed by atoms with Gasteiger partial charge in [0.25, 0.3) is 0 Å². The van der Waals surface area contributed by atoms with Gasteiger partial charge in [-0.2, -0.15) is 5.26 Å². The highest BCUT2D eigenvalue weighted by molar-refractivity contribution is 7.85. The molecule has 2 aliphatic heterocycles. The molecule has 2 aliphatic rings. The number of nitrogens with zero attached hydrogens (tertiary/aromatic N) is 1. The van der Waals surface area contributed by atoms with Crippen molar-refractivity contribution in [3.63, 3.8) is 0 Å². The molecule has 0 bridgehead atoms. The molecule has 4 heteroatoms. The summed E-state index contributed by atoms with van der Waals surface area (Å²) in [4.78, 5) is 0. The first-order valence-electron chi connectivity index (χ1n) is 7.31. The van der Waals surface area contributed by atoms with Gasteiger partial charge < -0.3 is 10.6 Å². The molecule has 0 unspecified atom stereocenters. The van der Waals surface area contributed by atoms with E-state index in [-0.39, 0.29) is 0 Å². The summed E-state index contributed by atoms with van der Waals surface area (Å²) in [5, 5.41) is 15.5. The largest absolute Gasteiger partial charge is 0.317 e. The van der Waals surface area contributed by atoms with Crippen molar-refractivity contribution in [3.05, 3.63) is 0 Å². The van der Waals surface area contributed by atoms with Crippen molar-refractivity contribution in [2.75, 3.05) is 26.2 Å². The van der Waals surface area contributed by atoms with Crippen LogP contribution in [0.2, 0.25) is 0 Å². The highest BCUT2D eigenvalue weighted by Gasteiger charge is 2.15. The van der Waals surface area contributed by atoms with Gasteiger partial charge in [0.15, 0.2) is 0 Å². The van der Waals surface area contributed by atoms with Crippen LogP contribution in [0.15, 0.2) is 0 Å². The normalized spacial score (nSPS) is 21.8. The minimum atomic E-state index is 1.04. The number of thiol groups is 1. The molecule has 2 saturated heterocycles. The number of thiocyanates is 1. The molecule has 0 saturated carbocycles. The van der Waals surface area contributed by atoms with Gasteiger partial charge >= 0.3 is 0 Å². The molecule has 2 N–H and O–H groups in total. The Hall–Kier alpha value is -0.240. The third-order valence-corrected chi connectivity index (χ3v) is 4.14. The zero-order valence-corrected chi connectivity index (χ0v) is 12.2. The zero-order chi connectivity index (χ0) is 13.1. The third kappa shape index (κ3) is 7.25. The van der Waals surface area contributed by atoms with Crippen molar-refractivity contribution in [2.24, 2.45) is 11.8 Å². The van der Waals surface area contributed by atoms with E-state index < -0.39 is 0 Å². The lowest BCUT2D eigenvalue weighted by atomic mass is 9.87. The Labute approximate surface area is 117 Å². The van der Waals surface area contributed by atoms with Gasteiger partial charge in [-0.3, -0.25) is 0 Å². The van der Waals surface area contributed by atoms with Crippen molar-refractivity contribution in [3.8, 4) is 5.40 Å². The number of hydrogen-bond donors (Lipinski definition) is 3. The summed E-state index contributed by atoms with van der Waals surface area (Å²) in [7, 11) is 0. The van der Waals surface area contributed by atoms with Crippen molar-refractivity contribution in [1.82, 2.24) is 10.6 Å². The SMILES string of the molecule is C(CC1CCNCC1)CC1CCNCC1.N#CS. The quantitative estimate of drug-likeness (QED) is 0.543. The maximum Gasteiger partial charge on any atom is 0.130 e. The second-order valence-corrected chi connectivity index (χ2v) is 5.62. The van der Waals surface area contributed by atoms with E-state index in [9.17, 15) is 0 Å². The van der Waals surface area contributed by atoms with E-state index in [4.69, 9.17) is 5.26 Å². The fraction of sp³-hybridized carbons (Fsp3) is 0.929. The minimum absolute atomic E-state index is 1.04. The maximum absolute atomic E-state index is 7.18. The van der Waals surface area contributed by atoms with Gasteiger partial charge in [-0.05, 0) is 63.7 Å². The lowest BCUT2D eigenvalue weighted by Gasteiger charge is -2.25. The molecule has 2 heterocycles. The summed E-state index contributed by atoms with van der Waals surface area (Å²) >= 11 is 3.09. The van der Waals surface area contributed by atoms with E-state index in [1.807, 2.05) is 0 Å². The van der Waals surface area contributed by atoms with E-state index in [1.54, 1.807) is 0 Å². The first kappa shape index (κ1) is 15.8.